The Kier molecular flexibility index (Phi) is 3.52. The van der Waals surface area contributed by atoms with Gasteiger partial charge >= 0.3 is 5.97 Å². The summed E-state index contributed by atoms with van der Waals surface area (Å²) in [5.74, 6) is -1.30. The first kappa shape index (κ1) is 12.8. The minimum absolute atomic E-state index is 0.116. The third kappa shape index (κ3) is 2.18. The molecule has 0 radical (unpaired) electrons. The average molecular weight is 254 g/mol. The highest BCUT2D eigenvalue weighted by Crippen LogP contribution is 2.35. The van der Waals surface area contributed by atoms with E-state index in [1.165, 1.54) is 13.2 Å². The second-order valence-corrected chi connectivity index (χ2v) is 4.50. The van der Waals surface area contributed by atoms with E-state index in [2.05, 4.69) is 0 Å². The number of hydrogen-bond donors (Lipinski definition) is 1. The van der Waals surface area contributed by atoms with Crippen LogP contribution in [0.4, 0.5) is 4.39 Å². The third-order valence-electron chi connectivity index (χ3n) is 3.35. The fourth-order valence-electron chi connectivity index (χ4n) is 2.21. The Morgan fingerprint density at radius 3 is 2.94 bits per heavy atom. The van der Waals surface area contributed by atoms with Crippen LogP contribution in [0.5, 0.6) is 5.75 Å². The van der Waals surface area contributed by atoms with Crippen molar-refractivity contribution in [2.75, 3.05) is 20.3 Å². The van der Waals surface area contributed by atoms with Gasteiger partial charge in [-0.05, 0) is 24.5 Å². The molecule has 18 heavy (non-hydrogen) atoms. The Balaban J connectivity index is 2.30. The van der Waals surface area contributed by atoms with Crippen molar-refractivity contribution in [2.45, 2.75) is 12.8 Å². The van der Waals surface area contributed by atoms with Crippen LogP contribution in [0, 0.1) is 11.2 Å². The summed E-state index contributed by atoms with van der Waals surface area (Å²) in [4.78, 5) is 11.4. The number of halogens is 1. The molecule has 5 heteroatoms. The summed E-state index contributed by atoms with van der Waals surface area (Å²) < 4.78 is 24.0. The number of carboxylic acids is 1. The van der Waals surface area contributed by atoms with Gasteiger partial charge in [0, 0.05) is 6.61 Å². The van der Waals surface area contributed by atoms with E-state index in [9.17, 15) is 14.3 Å². The topological polar surface area (TPSA) is 55.8 Å². The fourth-order valence-corrected chi connectivity index (χ4v) is 2.21. The molecule has 0 amide bonds. The van der Waals surface area contributed by atoms with E-state index in [1.807, 2.05) is 0 Å². The van der Waals surface area contributed by atoms with Crippen molar-refractivity contribution in [1.82, 2.24) is 0 Å². The number of carbonyl (C=O) groups is 1. The second-order valence-electron chi connectivity index (χ2n) is 4.50. The summed E-state index contributed by atoms with van der Waals surface area (Å²) in [6.45, 7) is 0.525. The monoisotopic (exact) mass is 254 g/mol. The maximum Gasteiger partial charge on any atom is 0.312 e. The van der Waals surface area contributed by atoms with Crippen molar-refractivity contribution in [2.24, 2.45) is 5.41 Å². The number of rotatable bonds is 4. The number of benzene rings is 1. The molecule has 4 nitrogen and oxygen atoms in total. The zero-order valence-electron chi connectivity index (χ0n) is 10.1. The van der Waals surface area contributed by atoms with Crippen LogP contribution >= 0.6 is 0 Å². The van der Waals surface area contributed by atoms with E-state index in [4.69, 9.17) is 9.47 Å². The van der Waals surface area contributed by atoms with Crippen LogP contribution in [0.3, 0.4) is 0 Å². The summed E-state index contributed by atoms with van der Waals surface area (Å²) in [7, 11) is 1.38. The molecular formula is C13H15FO4. The molecule has 1 aliphatic rings. The Labute approximate surface area is 104 Å². The molecule has 1 atom stereocenters. The molecule has 0 spiro atoms. The van der Waals surface area contributed by atoms with E-state index >= 15 is 0 Å². The maximum absolute atomic E-state index is 14.0. The molecule has 1 heterocycles. The number of hydrogen-bond acceptors (Lipinski definition) is 3. The molecule has 0 aromatic heterocycles. The van der Waals surface area contributed by atoms with Crippen LogP contribution in [-0.2, 0) is 16.0 Å². The van der Waals surface area contributed by atoms with Crippen molar-refractivity contribution in [3.8, 4) is 5.75 Å². The minimum atomic E-state index is -1.02. The van der Waals surface area contributed by atoms with Crippen LogP contribution in [0.2, 0.25) is 0 Å². The lowest BCUT2D eigenvalue weighted by Crippen LogP contribution is -2.34. The zero-order valence-corrected chi connectivity index (χ0v) is 10.1. The highest BCUT2D eigenvalue weighted by atomic mass is 19.1. The maximum atomic E-state index is 14.0. The average Bonchev–Trinajstić information content (AvgIpc) is 2.82. The van der Waals surface area contributed by atoms with Gasteiger partial charge < -0.3 is 14.6 Å². The van der Waals surface area contributed by atoms with Crippen LogP contribution in [0.25, 0.3) is 0 Å². The quantitative estimate of drug-likeness (QED) is 0.891. The number of ether oxygens (including phenoxy) is 2. The molecule has 1 saturated heterocycles. The van der Waals surface area contributed by atoms with Crippen LogP contribution in [-0.4, -0.2) is 31.4 Å². The van der Waals surface area contributed by atoms with E-state index in [0.29, 0.717) is 18.6 Å². The van der Waals surface area contributed by atoms with E-state index in [0.717, 1.165) is 0 Å². The molecule has 1 unspecified atom stereocenters. The molecule has 0 saturated carbocycles. The molecule has 1 aromatic rings. The van der Waals surface area contributed by atoms with Gasteiger partial charge in [0.2, 0.25) is 0 Å². The molecule has 1 aliphatic heterocycles. The van der Waals surface area contributed by atoms with Gasteiger partial charge in [-0.2, -0.15) is 0 Å². The molecular weight excluding hydrogens is 239 g/mol. The Bertz CT molecular complexity index is 452. The lowest BCUT2D eigenvalue weighted by atomic mass is 9.81. The first-order valence-corrected chi connectivity index (χ1v) is 5.71. The second kappa shape index (κ2) is 4.94. The standard InChI is InChI=1S/C13H15FO4/c1-17-10-4-2-3-9(11(10)14)7-13(12(15)16)5-6-18-8-13/h2-4H,5-8H2,1H3,(H,15,16). The van der Waals surface area contributed by atoms with Crippen LogP contribution in [0.15, 0.2) is 18.2 Å². The molecule has 0 bridgehead atoms. The molecule has 1 fully saturated rings. The summed E-state index contributed by atoms with van der Waals surface area (Å²) in [6.07, 6.45) is 0.518. The smallest absolute Gasteiger partial charge is 0.312 e. The molecule has 0 aliphatic carbocycles. The highest BCUT2D eigenvalue weighted by molar-refractivity contribution is 5.75. The van der Waals surface area contributed by atoms with E-state index in [-0.39, 0.29) is 18.8 Å². The predicted molar refractivity (Wildman–Crippen MR) is 62.2 cm³/mol. The van der Waals surface area contributed by atoms with Gasteiger partial charge in [-0.1, -0.05) is 12.1 Å². The van der Waals surface area contributed by atoms with Gasteiger partial charge in [0.05, 0.1) is 19.1 Å². The number of aliphatic carboxylic acids is 1. The minimum Gasteiger partial charge on any atom is -0.494 e. The number of methoxy groups -OCH3 is 1. The largest absolute Gasteiger partial charge is 0.494 e. The SMILES string of the molecule is COc1cccc(CC2(C(=O)O)CCOC2)c1F. The molecule has 1 aromatic carbocycles. The molecule has 2 rings (SSSR count). The van der Waals surface area contributed by atoms with Crippen LogP contribution < -0.4 is 4.74 Å². The first-order valence-electron chi connectivity index (χ1n) is 5.71. The van der Waals surface area contributed by atoms with Crippen molar-refractivity contribution < 1.29 is 23.8 Å². The van der Waals surface area contributed by atoms with Crippen molar-refractivity contribution >= 4 is 5.97 Å². The zero-order chi connectivity index (χ0) is 13.2. The summed E-state index contributed by atoms with van der Waals surface area (Å²) in [5, 5.41) is 9.31. The fraction of sp³-hybridized carbons (Fsp3) is 0.462. The highest BCUT2D eigenvalue weighted by Gasteiger charge is 2.43. The van der Waals surface area contributed by atoms with Crippen molar-refractivity contribution in [3.63, 3.8) is 0 Å². The van der Waals surface area contributed by atoms with Crippen molar-refractivity contribution in [1.29, 1.82) is 0 Å². The lowest BCUT2D eigenvalue weighted by Gasteiger charge is -2.22. The van der Waals surface area contributed by atoms with Crippen molar-refractivity contribution in [3.05, 3.63) is 29.6 Å². The van der Waals surface area contributed by atoms with Crippen LogP contribution in [0.1, 0.15) is 12.0 Å². The molecule has 1 N–H and O–H groups in total. The van der Waals surface area contributed by atoms with E-state index in [1.54, 1.807) is 12.1 Å². The predicted octanol–water partition coefficient (Wildman–Crippen LogP) is 1.87. The summed E-state index contributed by atoms with van der Waals surface area (Å²) >= 11 is 0. The Hall–Kier alpha value is -1.62. The summed E-state index contributed by atoms with van der Waals surface area (Å²) in [6, 6.07) is 4.75. The number of carboxylic acid groups (broad SMARTS) is 1. The van der Waals surface area contributed by atoms with Gasteiger partial charge in [-0.25, -0.2) is 4.39 Å². The first-order chi connectivity index (χ1) is 8.59. The molecule has 98 valence electrons. The normalized spacial score (nSPS) is 23.0. The Morgan fingerprint density at radius 1 is 1.61 bits per heavy atom. The van der Waals surface area contributed by atoms with Gasteiger partial charge in [-0.3, -0.25) is 4.79 Å². The third-order valence-corrected chi connectivity index (χ3v) is 3.35. The van der Waals surface area contributed by atoms with Gasteiger partial charge in [0.1, 0.15) is 0 Å². The van der Waals surface area contributed by atoms with Gasteiger partial charge in [0.15, 0.2) is 11.6 Å². The van der Waals surface area contributed by atoms with Gasteiger partial charge in [-0.15, -0.1) is 0 Å². The Morgan fingerprint density at radius 2 is 2.39 bits per heavy atom. The summed E-state index contributed by atoms with van der Waals surface area (Å²) in [5.41, 5.74) is -0.671. The van der Waals surface area contributed by atoms with Gasteiger partial charge in [0.25, 0.3) is 0 Å². The lowest BCUT2D eigenvalue weighted by molar-refractivity contribution is -0.148. The van der Waals surface area contributed by atoms with E-state index < -0.39 is 17.2 Å².